The number of nitrogens with one attached hydrogen (secondary N) is 3. The normalized spacial score (nSPS) is 13.3. The Bertz CT molecular complexity index is 1450. The number of nitrogens with two attached hydrogens (primary N) is 1. The van der Waals surface area contributed by atoms with Gasteiger partial charge in [0.1, 0.15) is 18.1 Å². The molecule has 3 aromatic rings. The van der Waals surface area contributed by atoms with E-state index in [2.05, 4.69) is 15.6 Å². The molecule has 0 radical (unpaired) electrons. The van der Waals surface area contributed by atoms with Crippen molar-refractivity contribution in [2.24, 2.45) is 5.73 Å². The number of aliphatic hydroxyl groups is 1. The standard InChI is InChI=1S/C25H27N5O8/c26-20(32)11-10-17(21(33)28-18(13-31)24(36)37)27-22(34)19(12-14-6-2-1-3-7-14)30-23(35)15-8-4-5-9-16(15)29-25(30)38/h1-9,17-19,31H,10-13H2,(H2,26,32)(H,27,34)(H,28,33)(H,29,38)(H,36,37)/t17-,18-,19-/m0/s1. The van der Waals surface area contributed by atoms with Gasteiger partial charge in [-0.1, -0.05) is 42.5 Å². The highest BCUT2D eigenvalue weighted by Crippen LogP contribution is 2.14. The van der Waals surface area contributed by atoms with Crippen LogP contribution in [-0.4, -0.2) is 62.1 Å². The lowest BCUT2D eigenvalue weighted by molar-refractivity contribution is -0.143. The molecule has 0 bridgehead atoms. The molecule has 0 fully saturated rings. The molecule has 0 aliphatic rings. The molecule has 3 atom stereocenters. The van der Waals surface area contributed by atoms with E-state index in [0.29, 0.717) is 5.56 Å². The fourth-order valence-corrected chi connectivity index (χ4v) is 3.88. The first-order valence-corrected chi connectivity index (χ1v) is 11.6. The van der Waals surface area contributed by atoms with Gasteiger partial charge in [0.05, 0.1) is 17.5 Å². The average molecular weight is 526 g/mol. The fraction of sp³-hybridized carbons (Fsp3) is 0.280. The van der Waals surface area contributed by atoms with Crippen molar-refractivity contribution in [3.63, 3.8) is 0 Å². The Morgan fingerprint density at radius 2 is 1.55 bits per heavy atom. The molecule has 0 unspecified atom stereocenters. The third kappa shape index (κ3) is 6.70. The van der Waals surface area contributed by atoms with Gasteiger partial charge in [-0.3, -0.25) is 19.2 Å². The summed E-state index contributed by atoms with van der Waals surface area (Å²) in [5.74, 6) is -4.20. The monoisotopic (exact) mass is 525 g/mol. The highest BCUT2D eigenvalue weighted by molar-refractivity contribution is 5.92. The number of carboxylic acid groups (broad SMARTS) is 1. The number of aromatic amines is 1. The maximum absolute atomic E-state index is 13.6. The summed E-state index contributed by atoms with van der Waals surface area (Å²) in [7, 11) is 0. The van der Waals surface area contributed by atoms with E-state index < -0.39 is 59.7 Å². The predicted molar refractivity (Wildman–Crippen MR) is 135 cm³/mol. The summed E-state index contributed by atoms with van der Waals surface area (Å²) in [5.41, 5.74) is 4.49. The number of H-pyrrole nitrogens is 1. The van der Waals surface area contributed by atoms with Gasteiger partial charge in [0.25, 0.3) is 5.56 Å². The first kappa shape index (κ1) is 27.8. The summed E-state index contributed by atoms with van der Waals surface area (Å²) in [4.78, 5) is 77.8. The van der Waals surface area contributed by atoms with Crippen LogP contribution in [0.1, 0.15) is 24.4 Å². The van der Waals surface area contributed by atoms with Crippen LogP contribution < -0.4 is 27.6 Å². The molecule has 0 aliphatic heterocycles. The molecular weight excluding hydrogens is 498 g/mol. The molecule has 0 aliphatic carbocycles. The number of para-hydroxylation sites is 1. The number of fused-ring (bicyclic) bond motifs is 1. The maximum Gasteiger partial charge on any atom is 0.329 e. The Kier molecular flexibility index (Phi) is 9.11. The van der Waals surface area contributed by atoms with Crippen LogP contribution in [0.15, 0.2) is 64.2 Å². The number of aliphatic hydroxyl groups excluding tert-OH is 1. The molecule has 38 heavy (non-hydrogen) atoms. The maximum atomic E-state index is 13.6. The number of benzene rings is 2. The van der Waals surface area contributed by atoms with Crippen LogP contribution in [0.4, 0.5) is 0 Å². The summed E-state index contributed by atoms with van der Waals surface area (Å²) in [6.07, 6.45) is -0.743. The van der Waals surface area contributed by atoms with Crippen LogP contribution in [-0.2, 0) is 25.6 Å². The van der Waals surface area contributed by atoms with Crippen molar-refractivity contribution in [3.8, 4) is 0 Å². The van der Waals surface area contributed by atoms with Crippen molar-refractivity contribution in [1.82, 2.24) is 20.2 Å². The quantitative estimate of drug-likeness (QED) is 0.168. The van der Waals surface area contributed by atoms with Crippen molar-refractivity contribution < 1.29 is 29.4 Å². The molecule has 1 heterocycles. The number of nitrogens with zero attached hydrogens (tertiary/aromatic N) is 1. The van der Waals surface area contributed by atoms with E-state index in [4.69, 9.17) is 10.8 Å². The summed E-state index contributed by atoms with van der Waals surface area (Å²) < 4.78 is 0.751. The van der Waals surface area contributed by atoms with Gasteiger partial charge < -0.3 is 31.6 Å². The third-order valence-electron chi connectivity index (χ3n) is 5.83. The molecule has 13 nitrogen and oxygen atoms in total. The molecule has 3 amide bonds. The van der Waals surface area contributed by atoms with Gasteiger partial charge in [-0.15, -0.1) is 0 Å². The number of rotatable bonds is 12. The lowest BCUT2D eigenvalue weighted by Crippen LogP contribution is -2.55. The lowest BCUT2D eigenvalue weighted by Gasteiger charge is -2.24. The van der Waals surface area contributed by atoms with Gasteiger partial charge in [-0.25, -0.2) is 14.2 Å². The number of carbonyl (C=O) groups is 4. The van der Waals surface area contributed by atoms with Crippen LogP contribution in [0.25, 0.3) is 10.9 Å². The highest BCUT2D eigenvalue weighted by atomic mass is 16.4. The summed E-state index contributed by atoms with van der Waals surface area (Å²) >= 11 is 0. The van der Waals surface area contributed by atoms with Crippen molar-refractivity contribution in [1.29, 1.82) is 0 Å². The van der Waals surface area contributed by atoms with E-state index in [0.717, 1.165) is 4.57 Å². The second-order valence-corrected chi connectivity index (χ2v) is 8.50. The minimum Gasteiger partial charge on any atom is -0.480 e. The number of hydrogen-bond acceptors (Lipinski definition) is 7. The van der Waals surface area contributed by atoms with Crippen LogP contribution >= 0.6 is 0 Å². The average Bonchev–Trinajstić information content (AvgIpc) is 2.89. The van der Waals surface area contributed by atoms with Crippen molar-refractivity contribution in [2.75, 3.05) is 6.61 Å². The molecule has 3 rings (SSSR count). The highest BCUT2D eigenvalue weighted by Gasteiger charge is 2.31. The fourth-order valence-electron chi connectivity index (χ4n) is 3.88. The second kappa shape index (κ2) is 12.5. The minimum atomic E-state index is -1.67. The number of aromatic nitrogens is 2. The molecule has 0 spiro atoms. The SMILES string of the molecule is NC(=O)CC[C@H](NC(=O)[C@H](Cc1ccccc1)n1c(=O)[nH]c2ccccc2c1=O)C(=O)N[C@@H](CO)C(=O)O. The number of hydrogen-bond donors (Lipinski definition) is 6. The van der Waals surface area contributed by atoms with Crippen LogP contribution in [0.2, 0.25) is 0 Å². The molecule has 200 valence electrons. The zero-order valence-electron chi connectivity index (χ0n) is 20.1. The molecule has 1 aromatic heterocycles. The smallest absolute Gasteiger partial charge is 0.329 e. The van der Waals surface area contributed by atoms with Crippen molar-refractivity contribution in [3.05, 3.63) is 81.0 Å². The van der Waals surface area contributed by atoms with Gasteiger partial charge in [0.15, 0.2) is 0 Å². The zero-order valence-corrected chi connectivity index (χ0v) is 20.1. The van der Waals surface area contributed by atoms with Crippen LogP contribution in [0, 0.1) is 0 Å². The van der Waals surface area contributed by atoms with Gasteiger partial charge in [0.2, 0.25) is 17.7 Å². The van der Waals surface area contributed by atoms with E-state index in [1.165, 1.54) is 6.07 Å². The van der Waals surface area contributed by atoms with E-state index in [1.807, 2.05) is 0 Å². The number of primary amides is 1. The summed E-state index contributed by atoms with van der Waals surface area (Å²) in [5, 5.41) is 23.0. The Morgan fingerprint density at radius 1 is 0.921 bits per heavy atom. The van der Waals surface area contributed by atoms with E-state index in [-0.39, 0.29) is 30.2 Å². The first-order valence-electron chi connectivity index (χ1n) is 11.6. The number of carboxylic acids is 1. The predicted octanol–water partition coefficient (Wildman–Crippen LogP) is -1.21. The van der Waals surface area contributed by atoms with Gasteiger partial charge >= 0.3 is 11.7 Å². The van der Waals surface area contributed by atoms with Gasteiger partial charge in [-0.2, -0.15) is 0 Å². The second-order valence-electron chi connectivity index (χ2n) is 8.50. The zero-order chi connectivity index (χ0) is 27.8. The molecule has 13 heteroatoms. The Labute approximate surface area is 215 Å². The van der Waals surface area contributed by atoms with E-state index in [1.54, 1.807) is 48.5 Å². The summed E-state index contributed by atoms with van der Waals surface area (Å²) in [6, 6.07) is 10.3. The third-order valence-corrected chi connectivity index (χ3v) is 5.83. The topological polar surface area (TPSA) is 214 Å². The first-order chi connectivity index (χ1) is 18.1. The molecule has 0 saturated carbocycles. The summed E-state index contributed by atoms with van der Waals surface area (Å²) in [6.45, 7) is -0.921. The minimum absolute atomic E-state index is 0.105. The molecule has 7 N–H and O–H groups in total. The van der Waals surface area contributed by atoms with Gasteiger partial charge in [0, 0.05) is 12.8 Å². The van der Waals surface area contributed by atoms with Gasteiger partial charge in [-0.05, 0) is 24.1 Å². The Hall–Kier alpha value is -4.78. The largest absolute Gasteiger partial charge is 0.480 e. The van der Waals surface area contributed by atoms with Crippen LogP contribution in [0.5, 0.6) is 0 Å². The van der Waals surface area contributed by atoms with Crippen molar-refractivity contribution in [2.45, 2.75) is 37.4 Å². The molecule has 0 saturated heterocycles. The Morgan fingerprint density at radius 3 is 2.18 bits per heavy atom. The molecular formula is C25H27N5O8. The van der Waals surface area contributed by atoms with E-state index in [9.17, 15) is 33.9 Å². The van der Waals surface area contributed by atoms with E-state index >= 15 is 0 Å². The molecule has 2 aromatic carbocycles. The number of amides is 3. The Balaban J connectivity index is 2.02. The number of aliphatic carboxylic acids is 1. The lowest BCUT2D eigenvalue weighted by atomic mass is 10.0. The van der Waals surface area contributed by atoms with Crippen molar-refractivity contribution >= 4 is 34.6 Å². The van der Waals surface area contributed by atoms with Crippen LogP contribution in [0.3, 0.4) is 0 Å². The number of carbonyl (C=O) groups excluding carboxylic acids is 3.